The van der Waals surface area contributed by atoms with E-state index < -0.39 is 22.9 Å². The molecule has 4 aromatic rings. The molecule has 0 amide bonds. The molecule has 160 valence electrons. The van der Waals surface area contributed by atoms with Crippen molar-refractivity contribution in [1.82, 2.24) is 9.13 Å². The second kappa shape index (κ2) is 8.16. The summed E-state index contributed by atoms with van der Waals surface area (Å²) < 4.78 is 2.50. The van der Waals surface area contributed by atoms with Crippen LogP contribution in [0.2, 0.25) is 5.02 Å². The Bertz CT molecular complexity index is 1510. The van der Waals surface area contributed by atoms with Crippen molar-refractivity contribution >= 4 is 34.4 Å². The molecule has 0 aliphatic heterocycles. The quantitative estimate of drug-likeness (QED) is 0.481. The van der Waals surface area contributed by atoms with Crippen LogP contribution in [0, 0.1) is 0 Å². The van der Waals surface area contributed by atoms with Crippen LogP contribution in [-0.4, -0.2) is 31.3 Å². The van der Waals surface area contributed by atoms with Crippen molar-refractivity contribution in [1.29, 1.82) is 0 Å². The van der Waals surface area contributed by atoms with Gasteiger partial charge in [-0.3, -0.25) is 9.59 Å². The number of pyridine rings is 2. The molecule has 2 aromatic carbocycles. The molecule has 0 aliphatic rings. The zero-order valence-corrected chi connectivity index (χ0v) is 17.1. The SMILES string of the molecule is O=C(O)c1ccn(Cc2c(C(=O)O)n(-c3ccccc3)c3cc(Cl)ccc3c2=O)c(=O)c1. The highest BCUT2D eigenvalue weighted by Gasteiger charge is 2.24. The molecule has 32 heavy (non-hydrogen) atoms. The van der Waals surface area contributed by atoms with Gasteiger partial charge in [0, 0.05) is 28.4 Å². The standard InChI is InChI=1S/C23H15ClN2O6/c24-14-6-7-16-18(11-14)26(15-4-2-1-3-5-15)20(23(31)32)17(21(16)28)12-25-9-8-13(22(29)30)10-19(25)27/h1-11H,12H2,(H,29,30)(H,31,32). The first-order valence-corrected chi connectivity index (χ1v) is 9.75. The summed E-state index contributed by atoms with van der Waals surface area (Å²) >= 11 is 6.14. The highest BCUT2D eigenvalue weighted by atomic mass is 35.5. The molecule has 0 spiro atoms. The fourth-order valence-electron chi connectivity index (χ4n) is 3.57. The maximum Gasteiger partial charge on any atom is 0.353 e. The van der Waals surface area contributed by atoms with Gasteiger partial charge in [-0.05, 0) is 36.4 Å². The topological polar surface area (TPSA) is 119 Å². The lowest BCUT2D eigenvalue weighted by atomic mass is 10.1. The molecular formula is C23H15ClN2O6. The number of hydrogen-bond donors (Lipinski definition) is 2. The van der Waals surface area contributed by atoms with Crippen LogP contribution in [-0.2, 0) is 6.54 Å². The number of carboxylic acid groups (broad SMARTS) is 2. The molecule has 2 heterocycles. The highest BCUT2D eigenvalue weighted by molar-refractivity contribution is 6.31. The minimum Gasteiger partial charge on any atom is -0.478 e. The average Bonchev–Trinajstić information content (AvgIpc) is 2.76. The first-order valence-electron chi connectivity index (χ1n) is 9.37. The van der Waals surface area contributed by atoms with Crippen molar-refractivity contribution in [2.45, 2.75) is 6.54 Å². The Kier molecular flexibility index (Phi) is 5.38. The van der Waals surface area contributed by atoms with E-state index in [4.69, 9.17) is 16.7 Å². The molecule has 0 fully saturated rings. The summed E-state index contributed by atoms with van der Waals surface area (Å²) in [4.78, 5) is 49.2. The number of halogens is 1. The largest absolute Gasteiger partial charge is 0.478 e. The smallest absolute Gasteiger partial charge is 0.353 e. The molecule has 0 unspecified atom stereocenters. The van der Waals surface area contributed by atoms with E-state index in [0.29, 0.717) is 16.2 Å². The first kappa shape index (κ1) is 21.1. The molecular weight excluding hydrogens is 436 g/mol. The van der Waals surface area contributed by atoms with Gasteiger partial charge in [-0.15, -0.1) is 0 Å². The summed E-state index contributed by atoms with van der Waals surface area (Å²) in [5, 5.41) is 19.7. The molecule has 0 saturated carbocycles. The number of nitrogens with zero attached hydrogens (tertiary/aromatic N) is 2. The fraction of sp³-hybridized carbons (Fsp3) is 0.0435. The summed E-state index contributed by atoms with van der Waals surface area (Å²) in [6.07, 6.45) is 1.22. The Labute approximate surface area is 185 Å². The van der Waals surface area contributed by atoms with E-state index in [1.54, 1.807) is 30.3 Å². The van der Waals surface area contributed by atoms with Crippen molar-refractivity contribution in [2.75, 3.05) is 0 Å². The summed E-state index contributed by atoms with van der Waals surface area (Å²) in [5.41, 5.74) is -1.08. The molecule has 0 saturated heterocycles. The fourth-order valence-corrected chi connectivity index (χ4v) is 3.73. The van der Waals surface area contributed by atoms with E-state index >= 15 is 0 Å². The van der Waals surface area contributed by atoms with Gasteiger partial charge in [0.25, 0.3) is 5.56 Å². The minimum atomic E-state index is -1.36. The van der Waals surface area contributed by atoms with Crippen LogP contribution in [0.15, 0.2) is 76.4 Å². The summed E-state index contributed by atoms with van der Waals surface area (Å²) in [7, 11) is 0. The minimum absolute atomic E-state index is 0.124. The molecule has 2 aromatic heterocycles. The molecule has 0 aliphatic carbocycles. The lowest BCUT2D eigenvalue weighted by Crippen LogP contribution is -2.29. The normalized spacial score (nSPS) is 10.9. The monoisotopic (exact) mass is 450 g/mol. The number of rotatable bonds is 5. The Morgan fingerprint density at radius 2 is 1.62 bits per heavy atom. The van der Waals surface area contributed by atoms with Gasteiger partial charge < -0.3 is 19.3 Å². The third kappa shape index (κ3) is 3.67. The van der Waals surface area contributed by atoms with E-state index in [-0.39, 0.29) is 28.8 Å². The van der Waals surface area contributed by atoms with Crippen molar-refractivity contribution in [3.63, 3.8) is 0 Å². The molecule has 9 heteroatoms. The molecule has 8 nitrogen and oxygen atoms in total. The first-order chi connectivity index (χ1) is 15.3. The molecule has 2 N–H and O–H groups in total. The van der Waals surface area contributed by atoms with Crippen molar-refractivity contribution in [2.24, 2.45) is 0 Å². The number of aromatic nitrogens is 2. The van der Waals surface area contributed by atoms with Crippen LogP contribution >= 0.6 is 11.6 Å². The van der Waals surface area contributed by atoms with Gasteiger partial charge in [0.15, 0.2) is 5.43 Å². The Hall–Kier alpha value is -4.17. The molecule has 0 radical (unpaired) electrons. The highest BCUT2D eigenvalue weighted by Crippen LogP contribution is 2.25. The summed E-state index contributed by atoms with van der Waals surface area (Å²) in [6.45, 7) is -0.357. The van der Waals surface area contributed by atoms with Crippen LogP contribution in [0.3, 0.4) is 0 Å². The number of para-hydroxylation sites is 1. The van der Waals surface area contributed by atoms with Crippen LogP contribution in [0.5, 0.6) is 0 Å². The van der Waals surface area contributed by atoms with Gasteiger partial charge in [-0.25, -0.2) is 9.59 Å². The van der Waals surface area contributed by atoms with Gasteiger partial charge in [-0.1, -0.05) is 29.8 Å². The number of fused-ring (bicyclic) bond motifs is 1. The van der Waals surface area contributed by atoms with Crippen molar-refractivity contribution in [3.8, 4) is 5.69 Å². The number of carboxylic acids is 2. The number of carbonyl (C=O) groups is 2. The Balaban J connectivity index is 2.07. The predicted molar refractivity (Wildman–Crippen MR) is 118 cm³/mol. The van der Waals surface area contributed by atoms with E-state index in [1.807, 2.05) is 0 Å². The van der Waals surface area contributed by atoms with Gasteiger partial charge in [-0.2, -0.15) is 0 Å². The van der Waals surface area contributed by atoms with Crippen LogP contribution in [0.4, 0.5) is 0 Å². The number of benzene rings is 2. The predicted octanol–water partition coefficient (Wildman–Crippen LogP) is 3.25. The zero-order valence-electron chi connectivity index (χ0n) is 16.4. The van der Waals surface area contributed by atoms with Gasteiger partial charge >= 0.3 is 11.9 Å². The van der Waals surface area contributed by atoms with Crippen molar-refractivity contribution in [3.05, 3.63) is 109 Å². The third-order valence-electron chi connectivity index (χ3n) is 5.02. The Morgan fingerprint density at radius 3 is 2.25 bits per heavy atom. The zero-order chi connectivity index (χ0) is 23.0. The number of hydrogen-bond acceptors (Lipinski definition) is 4. The third-order valence-corrected chi connectivity index (χ3v) is 5.25. The molecule has 0 atom stereocenters. The van der Waals surface area contributed by atoms with Crippen LogP contribution < -0.4 is 11.0 Å². The van der Waals surface area contributed by atoms with Crippen molar-refractivity contribution < 1.29 is 19.8 Å². The lowest BCUT2D eigenvalue weighted by Gasteiger charge is -2.19. The van der Waals surface area contributed by atoms with E-state index in [9.17, 15) is 24.3 Å². The van der Waals surface area contributed by atoms with Crippen LogP contribution in [0.1, 0.15) is 26.4 Å². The summed E-state index contributed by atoms with van der Waals surface area (Å²) in [5.74, 6) is -2.63. The maximum atomic E-state index is 13.3. The molecule has 0 bridgehead atoms. The van der Waals surface area contributed by atoms with Crippen LogP contribution in [0.25, 0.3) is 16.6 Å². The summed E-state index contributed by atoms with van der Waals surface area (Å²) in [6, 6.07) is 15.3. The average molecular weight is 451 g/mol. The maximum absolute atomic E-state index is 13.3. The Morgan fingerprint density at radius 1 is 0.906 bits per heavy atom. The van der Waals surface area contributed by atoms with E-state index in [2.05, 4.69) is 0 Å². The van der Waals surface area contributed by atoms with E-state index in [0.717, 1.165) is 10.6 Å². The van der Waals surface area contributed by atoms with Gasteiger partial charge in [0.1, 0.15) is 5.69 Å². The van der Waals surface area contributed by atoms with Gasteiger partial charge in [0.05, 0.1) is 23.2 Å². The lowest BCUT2D eigenvalue weighted by molar-refractivity contribution is 0.0680. The van der Waals surface area contributed by atoms with Gasteiger partial charge in [0.2, 0.25) is 0 Å². The molecule has 4 rings (SSSR count). The second-order valence-electron chi connectivity index (χ2n) is 6.98. The number of aromatic carboxylic acids is 2. The van der Waals surface area contributed by atoms with E-state index in [1.165, 1.54) is 35.0 Å². The second-order valence-corrected chi connectivity index (χ2v) is 7.42.